The molecule has 0 unspecified atom stereocenters. The minimum Gasteiger partial charge on any atom is -0.478 e. The van der Waals surface area contributed by atoms with Gasteiger partial charge < -0.3 is 10.8 Å². The summed E-state index contributed by atoms with van der Waals surface area (Å²) >= 11 is 0. The van der Waals surface area contributed by atoms with Crippen LogP contribution in [0.3, 0.4) is 0 Å². The van der Waals surface area contributed by atoms with Crippen LogP contribution in [0, 0.1) is 0 Å². The Labute approximate surface area is 95.7 Å². The number of nitrogens with two attached hydrogens (primary N) is 1. The smallest absolute Gasteiger partial charge is 0.336 e. The van der Waals surface area contributed by atoms with Crippen LogP contribution in [0.1, 0.15) is 41.7 Å². The standard InChI is InChI=1S/C11H15NO2.ClH/c1-2-5-10(12)8-6-3-4-7-9(8)11(13)14;/h3-4,6-7,10H,2,5,12H2,1H3,(H,13,14);1H/t10-;/m1./s1. The van der Waals surface area contributed by atoms with Crippen LogP contribution in [0.25, 0.3) is 0 Å². The summed E-state index contributed by atoms with van der Waals surface area (Å²) in [6, 6.07) is 6.73. The Balaban J connectivity index is 0.00000196. The van der Waals surface area contributed by atoms with Crippen LogP contribution in [0.4, 0.5) is 0 Å². The lowest BCUT2D eigenvalue weighted by molar-refractivity contribution is 0.0695. The minimum absolute atomic E-state index is 0. The molecule has 0 aliphatic carbocycles. The molecule has 0 aromatic heterocycles. The van der Waals surface area contributed by atoms with Crippen molar-refractivity contribution in [1.29, 1.82) is 0 Å². The van der Waals surface area contributed by atoms with E-state index in [2.05, 4.69) is 0 Å². The average molecular weight is 230 g/mol. The van der Waals surface area contributed by atoms with Gasteiger partial charge in [0.05, 0.1) is 5.56 Å². The van der Waals surface area contributed by atoms with E-state index in [1.807, 2.05) is 13.0 Å². The highest BCUT2D eigenvalue weighted by molar-refractivity contribution is 5.89. The Hall–Kier alpha value is -1.06. The van der Waals surface area contributed by atoms with E-state index in [4.69, 9.17) is 10.8 Å². The second-order valence-corrected chi connectivity index (χ2v) is 3.29. The average Bonchev–Trinajstić information content (AvgIpc) is 2.18. The van der Waals surface area contributed by atoms with Crippen molar-refractivity contribution in [1.82, 2.24) is 0 Å². The number of carboxylic acids is 1. The number of hydrogen-bond donors (Lipinski definition) is 2. The first-order valence-electron chi connectivity index (χ1n) is 4.74. The molecule has 0 amide bonds. The van der Waals surface area contributed by atoms with Crippen molar-refractivity contribution in [2.24, 2.45) is 5.73 Å². The van der Waals surface area contributed by atoms with Gasteiger partial charge in [-0.1, -0.05) is 31.5 Å². The lowest BCUT2D eigenvalue weighted by Crippen LogP contribution is -2.14. The van der Waals surface area contributed by atoms with Crippen molar-refractivity contribution in [2.45, 2.75) is 25.8 Å². The molecule has 0 bridgehead atoms. The van der Waals surface area contributed by atoms with Gasteiger partial charge in [-0.05, 0) is 18.1 Å². The fourth-order valence-corrected chi connectivity index (χ4v) is 1.48. The molecule has 84 valence electrons. The highest BCUT2D eigenvalue weighted by atomic mass is 35.5. The van der Waals surface area contributed by atoms with Crippen LogP contribution in [-0.2, 0) is 0 Å². The SMILES string of the molecule is CCC[C@@H](N)c1ccccc1C(=O)O.Cl. The van der Waals surface area contributed by atoms with E-state index in [0.29, 0.717) is 5.56 Å². The molecule has 0 saturated heterocycles. The molecule has 0 saturated carbocycles. The van der Waals surface area contributed by atoms with Crippen molar-refractivity contribution >= 4 is 18.4 Å². The fraction of sp³-hybridized carbons (Fsp3) is 0.364. The van der Waals surface area contributed by atoms with Gasteiger partial charge in [-0.2, -0.15) is 0 Å². The van der Waals surface area contributed by atoms with E-state index >= 15 is 0 Å². The van der Waals surface area contributed by atoms with Crippen LogP contribution in [0.15, 0.2) is 24.3 Å². The summed E-state index contributed by atoms with van der Waals surface area (Å²) in [5.74, 6) is -0.910. The van der Waals surface area contributed by atoms with E-state index < -0.39 is 5.97 Å². The molecule has 0 spiro atoms. The maximum atomic E-state index is 10.9. The Bertz CT molecular complexity index is 328. The second kappa shape index (κ2) is 6.43. The van der Waals surface area contributed by atoms with Gasteiger partial charge in [0.2, 0.25) is 0 Å². The molecule has 0 aliphatic heterocycles. The Kier molecular flexibility index (Phi) is 5.97. The summed E-state index contributed by atoms with van der Waals surface area (Å²) in [6.45, 7) is 2.03. The van der Waals surface area contributed by atoms with Crippen LogP contribution in [0.5, 0.6) is 0 Å². The van der Waals surface area contributed by atoms with E-state index in [-0.39, 0.29) is 18.4 Å². The molecule has 3 nitrogen and oxygen atoms in total. The summed E-state index contributed by atoms with van der Waals surface area (Å²) in [4.78, 5) is 10.9. The number of aromatic carboxylic acids is 1. The van der Waals surface area contributed by atoms with Gasteiger partial charge >= 0.3 is 5.97 Å². The Morgan fingerprint density at radius 2 is 2.07 bits per heavy atom. The first-order chi connectivity index (χ1) is 6.66. The molecular weight excluding hydrogens is 214 g/mol. The number of benzene rings is 1. The molecule has 0 heterocycles. The summed E-state index contributed by atoms with van der Waals surface area (Å²) < 4.78 is 0. The van der Waals surface area contributed by atoms with Gasteiger partial charge in [-0.15, -0.1) is 12.4 Å². The van der Waals surface area contributed by atoms with Crippen molar-refractivity contribution in [2.75, 3.05) is 0 Å². The molecular formula is C11H16ClNO2. The normalized spacial score (nSPS) is 11.6. The monoisotopic (exact) mass is 229 g/mol. The lowest BCUT2D eigenvalue weighted by Gasteiger charge is -2.13. The second-order valence-electron chi connectivity index (χ2n) is 3.29. The molecule has 3 N–H and O–H groups in total. The predicted molar refractivity (Wildman–Crippen MR) is 62.5 cm³/mol. The summed E-state index contributed by atoms with van der Waals surface area (Å²) in [7, 11) is 0. The maximum Gasteiger partial charge on any atom is 0.336 e. The first-order valence-corrected chi connectivity index (χ1v) is 4.74. The van der Waals surface area contributed by atoms with Gasteiger partial charge in [0.25, 0.3) is 0 Å². The van der Waals surface area contributed by atoms with Crippen molar-refractivity contribution in [3.8, 4) is 0 Å². The highest BCUT2D eigenvalue weighted by Crippen LogP contribution is 2.19. The predicted octanol–water partition coefficient (Wildman–Crippen LogP) is 2.61. The summed E-state index contributed by atoms with van der Waals surface area (Å²) in [6.07, 6.45) is 1.76. The molecule has 1 aromatic rings. The number of carbonyl (C=O) groups is 1. The van der Waals surface area contributed by atoms with Gasteiger partial charge in [-0.3, -0.25) is 0 Å². The number of halogens is 1. The zero-order valence-corrected chi connectivity index (χ0v) is 9.46. The molecule has 4 heteroatoms. The van der Waals surface area contributed by atoms with Crippen LogP contribution in [-0.4, -0.2) is 11.1 Å². The Morgan fingerprint density at radius 1 is 1.47 bits per heavy atom. The Morgan fingerprint density at radius 3 is 2.60 bits per heavy atom. The molecule has 15 heavy (non-hydrogen) atoms. The molecule has 0 radical (unpaired) electrons. The third-order valence-electron chi connectivity index (χ3n) is 2.19. The fourth-order valence-electron chi connectivity index (χ4n) is 1.48. The topological polar surface area (TPSA) is 63.3 Å². The van der Waals surface area contributed by atoms with Gasteiger partial charge in [0.15, 0.2) is 0 Å². The first kappa shape index (κ1) is 13.9. The third-order valence-corrected chi connectivity index (χ3v) is 2.19. The van der Waals surface area contributed by atoms with Gasteiger partial charge in [0, 0.05) is 6.04 Å². The van der Waals surface area contributed by atoms with Crippen LogP contribution < -0.4 is 5.73 Å². The maximum absolute atomic E-state index is 10.9. The lowest BCUT2D eigenvalue weighted by atomic mass is 9.98. The van der Waals surface area contributed by atoms with E-state index in [9.17, 15) is 4.79 Å². The molecule has 0 aliphatic rings. The zero-order valence-electron chi connectivity index (χ0n) is 8.64. The van der Waals surface area contributed by atoms with Crippen molar-refractivity contribution in [3.63, 3.8) is 0 Å². The van der Waals surface area contributed by atoms with Crippen molar-refractivity contribution < 1.29 is 9.90 Å². The molecule has 1 rings (SSSR count). The van der Waals surface area contributed by atoms with Crippen LogP contribution >= 0.6 is 12.4 Å². The quantitative estimate of drug-likeness (QED) is 0.834. The number of carboxylic acid groups (broad SMARTS) is 1. The third kappa shape index (κ3) is 3.53. The number of rotatable bonds is 4. The van der Waals surface area contributed by atoms with Gasteiger partial charge in [0.1, 0.15) is 0 Å². The van der Waals surface area contributed by atoms with E-state index in [1.165, 1.54) is 0 Å². The van der Waals surface area contributed by atoms with Gasteiger partial charge in [-0.25, -0.2) is 4.79 Å². The molecule has 1 atom stereocenters. The summed E-state index contributed by atoms with van der Waals surface area (Å²) in [5, 5.41) is 8.93. The van der Waals surface area contributed by atoms with Crippen molar-refractivity contribution in [3.05, 3.63) is 35.4 Å². The largest absolute Gasteiger partial charge is 0.478 e. The molecule has 1 aromatic carbocycles. The minimum atomic E-state index is -0.910. The summed E-state index contributed by atoms with van der Waals surface area (Å²) in [5.41, 5.74) is 6.92. The molecule has 0 fully saturated rings. The van der Waals surface area contributed by atoms with Crippen LogP contribution in [0.2, 0.25) is 0 Å². The van der Waals surface area contributed by atoms with E-state index in [1.54, 1.807) is 18.2 Å². The van der Waals surface area contributed by atoms with E-state index in [0.717, 1.165) is 18.4 Å². The highest BCUT2D eigenvalue weighted by Gasteiger charge is 2.13. The zero-order chi connectivity index (χ0) is 10.6. The number of hydrogen-bond acceptors (Lipinski definition) is 2.